The Labute approximate surface area is 84.5 Å². The van der Waals surface area contributed by atoms with Crippen LogP contribution in [0.5, 0.6) is 5.75 Å². The maximum absolute atomic E-state index is 9.58. The molecule has 0 bridgehead atoms. The van der Waals surface area contributed by atoms with Crippen LogP contribution in [0.15, 0.2) is 24.3 Å². The van der Waals surface area contributed by atoms with Gasteiger partial charge < -0.3 is 9.84 Å². The van der Waals surface area contributed by atoms with Crippen molar-refractivity contribution in [1.29, 1.82) is 0 Å². The van der Waals surface area contributed by atoms with E-state index >= 15 is 0 Å². The molecule has 14 heavy (non-hydrogen) atoms. The number of hydrogen-bond acceptors (Lipinski definition) is 2. The van der Waals surface area contributed by atoms with Gasteiger partial charge in [-0.15, -0.1) is 0 Å². The molecule has 2 heteroatoms. The quantitative estimate of drug-likeness (QED) is 0.779. The minimum absolute atomic E-state index is 0.00212. The van der Waals surface area contributed by atoms with Gasteiger partial charge in [0, 0.05) is 0 Å². The van der Waals surface area contributed by atoms with E-state index in [-0.39, 0.29) is 12.2 Å². The average molecular weight is 192 g/mol. The molecule has 2 rings (SSSR count). The SMILES string of the molecule is Cc1ccc(O[C@@H]2CCC[C@H]2O)cc1. The van der Waals surface area contributed by atoms with Gasteiger partial charge in [0.15, 0.2) is 0 Å². The molecule has 2 nitrogen and oxygen atoms in total. The van der Waals surface area contributed by atoms with Crippen LogP contribution in [-0.2, 0) is 0 Å². The maximum Gasteiger partial charge on any atom is 0.124 e. The van der Waals surface area contributed by atoms with Crippen LogP contribution in [0.1, 0.15) is 24.8 Å². The number of aliphatic hydroxyl groups is 1. The van der Waals surface area contributed by atoms with Gasteiger partial charge in [0.05, 0.1) is 6.10 Å². The zero-order chi connectivity index (χ0) is 9.97. The highest BCUT2D eigenvalue weighted by atomic mass is 16.5. The highest BCUT2D eigenvalue weighted by Gasteiger charge is 2.26. The lowest BCUT2D eigenvalue weighted by atomic mass is 10.2. The Morgan fingerprint density at radius 3 is 2.50 bits per heavy atom. The molecule has 0 spiro atoms. The number of benzene rings is 1. The zero-order valence-electron chi connectivity index (χ0n) is 8.44. The summed E-state index contributed by atoms with van der Waals surface area (Å²) >= 11 is 0. The summed E-state index contributed by atoms with van der Waals surface area (Å²) in [6.07, 6.45) is 2.62. The molecular weight excluding hydrogens is 176 g/mol. The number of ether oxygens (including phenoxy) is 1. The fraction of sp³-hybridized carbons (Fsp3) is 0.500. The molecule has 0 saturated heterocycles. The minimum Gasteiger partial charge on any atom is -0.488 e. The first-order valence-corrected chi connectivity index (χ1v) is 5.17. The van der Waals surface area contributed by atoms with Crippen molar-refractivity contribution in [1.82, 2.24) is 0 Å². The summed E-state index contributed by atoms with van der Waals surface area (Å²) in [6.45, 7) is 2.05. The Morgan fingerprint density at radius 1 is 1.21 bits per heavy atom. The molecule has 1 saturated carbocycles. The molecule has 0 unspecified atom stereocenters. The topological polar surface area (TPSA) is 29.5 Å². The van der Waals surface area contributed by atoms with Crippen LogP contribution in [0.4, 0.5) is 0 Å². The van der Waals surface area contributed by atoms with Gasteiger partial charge in [-0.05, 0) is 38.3 Å². The van der Waals surface area contributed by atoms with Gasteiger partial charge in [-0.2, -0.15) is 0 Å². The molecule has 1 fully saturated rings. The van der Waals surface area contributed by atoms with Crippen LogP contribution in [0.3, 0.4) is 0 Å². The summed E-state index contributed by atoms with van der Waals surface area (Å²) in [6, 6.07) is 7.97. The molecule has 1 aliphatic carbocycles. The first kappa shape index (κ1) is 9.53. The minimum atomic E-state index is -0.281. The Kier molecular flexibility index (Phi) is 2.73. The van der Waals surface area contributed by atoms with E-state index in [1.165, 1.54) is 5.56 Å². The van der Waals surface area contributed by atoms with Gasteiger partial charge in [-0.3, -0.25) is 0 Å². The van der Waals surface area contributed by atoms with E-state index in [0.29, 0.717) is 0 Å². The second-order valence-corrected chi connectivity index (χ2v) is 3.97. The summed E-state index contributed by atoms with van der Waals surface area (Å²) < 4.78 is 5.69. The van der Waals surface area contributed by atoms with Crippen LogP contribution in [0.25, 0.3) is 0 Å². The van der Waals surface area contributed by atoms with Crippen LogP contribution in [-0.4, -0.2) is 17.3 Å². The summed E-state index contributed by atoms with van der Waals surface area (Å²) in [7, 11) is 0. The molecule has 0 heterocycles. The number of aryl methyl sites for hydroxylation is 1. The van der Waals surface area contributed by atoms with Crippen molar-refractivity contribution in [2.24, 2.45) is 0 Å². The Bertz CT molecular complexity index is 292. The second-order valence-electron chi connectivity index (χ2n) is 3.97. The fourth-order valence-corrected chi connectivity index (χ4v) is 1.84. The molecule has 2 atom stereocenters. The van der Waals surface area contributed by atoms with Crippen LogP contribution >= 0.6 is 0 Å². The number of hydrogen-bond donors (Lipinski definition) is 1. The van der Waals surface area contributed by atoms with Gasteiger partial charge in [-0.1, -0.05) is 17.7 Å². The van der Waals surface area contributed by atoms with E-state index in [9.17, 15) is 5.11 Å². The smallest absolute Gasteiger partial charge is 0.124 e. The molecule has 1 aromatic carbocycles. The molecular formula is C12H16O2. The summed E-state index contributed by atoms with van der Waals surface area (Å²) in [4.78, 5) is 0. The number of aliphatic hydroxyl groups excluding tert-OH is 1. The largest absolute Gasteiger partial charge is 0.488 e. The molecule has 0 radical (unpaired) electrons. The summed E-state index contributed by atoms with van der Waals surface area (Å²) in [5.74, 6) is 0.863. The second kappa shape index (κ2) is 4.01. The van der Waals surface area contributed by atoms with Gasteiger partial charge in [0.1, 0.15) is 11.9 Å². The van der Waals surface area contributed by atoms with Gasteiger partial charge in [-0.25, -0.2) is 0 Å². The maximum atomic E-state index is 9.58. The Hall–Kier alpha value is -1.02. The van der Waals surface area contributed by atoms with Crippen LogP contribution < -0.4 is 4.74 Å². The fourth-order valence-electron chi connectivity index (χ4n) is 1.84. The van der Waals surface area contributed by atoms with E-state index in [0.717, 1.165) is 25.0 Å². The van der Waals surface area contributed by atoms with E-state index < -0.39 is 0 Å². The lowest BCUT2D eigenvalue weighted by Crippen LogP contribution is -2.25. The van der Waals surface area contributed by atoms with Crippen molar-refractivity contribution >= 4 is 0 Å². The third-order valence-corrected chi connectivity index (χ3v) is 2.73. The van der Waals surface area contributed by atoms with Gasteiger partial charge >= 0.3 is 0 Å². The van der Waals surface area contributed by atoms with Crippen molar-refractivity contribution in [3.05, 3.63) is 29.8 Å². The first-order chi connectivity index (χ1) is 6.75. The normalized spacial score (nSPS) is 26.4. The van der Waals surface area contributed by atoms with Crippen molar-refractivity contribution in [2.75, 3.05) is 0 Å². The highest BCUT2D eigenvalue weighted by molar-refractivity contribution is 5.26. The monoisotopic (exact) mass is 192 g/mol. The van der Waals surface area contributed by atoms with Crippen molar-refractivity contribution in [3.63, 3.8) is 0 Å². The van der Waals surface area contributed by atoms with E-state index in [1.807, 2.05) is 31.2 Å². The Balaban J connectivity index is 2.00. The summed E-state index contributed by atoms with van der Waals surface area (Å²) in [5.41, 5.74) is 1.23. The lowest BCUT2D eigenvalue weighted by Gasteiger charge is -2.16. The average Bonchev–Trinajstić information content (AvgIpc) is 2.56. The molecule has 0 amide bonds. The predicted octanol–water partition coefficient (Wildman–Crippen LogP) is 2.29. The van der Waals surface area contributed by atoms with Gasteiger partial charge in [0.2, 0.25) is 0 Å². The van der Waals surface area contributed by atoms with E-state index in [1.54, 1.807) is 0 Å². The molecule has 1 aliphatic rings. The molecule has 1 aromatic rings. The van der Waals surface area contributed by atoms with Crippen LogP contribution in [0, 0.1) is 6.92 Å². The first-order valence-electron chi connectivity index (χ1n) is 5.17. The lowest BCUT2D eigenvalue weighted by molar-refractivity contribution is 0.0604. The van der Waals surface area contributed by atoms with E-state index in [2.05, 4.69) is 0 Å². The van der Waals surface area contributed by atoms with Crippen molar-refractivity contribution in [3.8, 4) is 5.75 Å². The third kappa shape index (κ3) is 2.07. The predicted molar refractivity (Wildman–Crippen MR) is 55.5 cm³/mol. The van der Waals surface area contributed by atoms with Gasteiger partial charge in [0.25, 0.3) is 0 Å². The third-order valence-electron chi connectivity index (χ3n) is 2.73. The molecule has 0 aliphatic heterocycles. The van der Waals surface area contributed by atoms with Crippen LogP contribution in [0.2, 0.25) is 0 Å². The van der Waals surface area contributed by atoms with E-state index in [4.69, 9.17) is 4.74 Å². The standard InChI is InChI=1S/C12H16O2/c1-9-5-7-10(8-6-9)14-12-4-2-3-11(12)13/h5-8,11-13H,2-4H2,1H3/t11-,12-/m1/s1. The molecule has 76 valence electrons. The zero-order valence-corrected chi connectivity index (χ0v) is 8.44. The molecule has 0 aromatic heterocycles. The van der Waals surface area contributed by atoms with Crippen molar-refractivity contribution in [2.45, 2.75) is 38.4 Å². The van der Waals surface area contributed by atoms with Crippen molar-refractivity contribution < 1.29 is 9.84 Å². The summed E-state index contributed by atoms with van der Waals surface area (Å²) in [5, 5.41) is 9.58. The number of rotatable bonds is 2. The highest BCUT2D eigenvalue weighted by Crippen LogP contribution is 2.24. The Morgan fingerprint density at radius 2 is 1.93 bits per heavy atom. The molecule has 1 N–H and O–H groups in total.